The number of hydrogen-bond acceptors (Lipinski definition) is 5. The molecule has 7 nitrogen and oxygen atoms in total. The third-order valence-corrected chi connectivity index (χ3v) is 4.54. The van der Waals surface area contributed by atoms with Gasteiger partial charge in [0.2, 0.25) is 5.91 Å². The third kappa shape index (κ3) is 4.64. The second-order valence-electron chi connectivity index (χ2n) is 6.23. The highest BCUT2D eigenvalue weighted by Gasteiger charge is 2.19. The van der Waals surface area contributed by atoms with Crippen molar-refractivity contribution in [3.63, 3.8) is 0 Å². The highest BCUT2D eigenvalue weighted by molar-refractivity contribution is 5.92. The summed E-state index contributed by atoms with van der Waals surface area (Å²) in [7, 11) is 1.50. The van der Waals surface area contributed by atoms with Crippen LogP contribution in [0, 0.1) is 0 Å². The fourth-order valence-corrected chi connectivity index (χ4v) is 2.94. The zero-order chi connectivity index (χ0) is 18.4. The molecule has 0 spiro atoms. The van der Waals surface area contributed by atoms with E-state index in [1.807, 2.05) is 17.4 Å². The van der Waals surface area contributed by atoms with Crippen molar-refractivity contribution in [2.24, 2.45) is 0 Å². The van der Waals surface area contributed by atoms with Gasteiger partial charge in [0.05, 0.1) is 13.4 Å². The maximum Gasteiger partial charge on any atom is 0.246 e. The van der Waals surface area contributed by atoms with Crippen molar-refractivity contribution < 1.29 is 14.6 Å². The molecule has 2 aromatic rings. The van der Waals surface area contributed by atoms with Crippen LogP contribution >= 0.6 is 0 Å². The molecule has 0 bridgehead atoms. The Labute approximate surface area is 153 Å². The highest BCUT2D eigenvalue weighted by atomic mass is 16.5. The summed E-state index contributed by atoms with van der Waals surface area (Å²) < 4.78 is 7.14. The monoisotopic (exact) mass is 356 g/mol. The molecular weight excluding hydrogens is 332 g/mol. The average molecular weight is 356 g/mol. The first-order chi connectivity index (χ1) is 12.7. The van der Waals surface area contributed by atoms with Gasteiger partial charge in [-0.15, -0.1) is 0 Å². The first-order valence-electron chi connectivity index (χ1n) is 8.68. The minimum atomic E-state index is 0.00583. The van der Waals surface area contributed by atoms with Crippen LogP contribution in [0.3, 0.4) is 0 Å². The standard InChI is InChI=1S/C19H24N4O3/c1-26-18-14-16(2-4-17(18)24)3-5-19(25)23-12-10-21(11-13-23)8-9-22-7-6-20-15-22/h2-7,14-15,24H,8-13H2,1H3. The van der Waals surface area contributed by atoms with Crippen molar-refractivity contribution in [1.29, 1.82) is 0 Å². The van der Waals surface area contributed by atoms with Gasteiger partial charge in [-0.2, -0.15) is 0 Å². The number of rotatable bonds is 6. The second kappa shape index (κ2) is 8.53. The number of aromatic nitrogens is 2. The van der Waals surface area contributed by atoms with E-state index in [1.54, 1.807) is 36.5 Å². The SMILES string of the molecule is COc1cc(C=CC(=O)N2CCN(CCn3ccnc3)CC2)ccc1O. The lowest BCUT2D eigenvalue weighted by atomic mass is 10.2. The molecule has 1 amide bonds. The highest BCUT2D eigenvalue weighted by Crippen LogP contribution is 2.26. The fourth-order valence-electron chi connectivity index (χ4n) is 2.94. The predicted octanol–water partition coefficient (Wildman–Crippen LogP) is 1.45. The molecule has 1 aromatic carbocycles. The number of hydrogen-bond donors (Lipinski definition) is 1. The van der Waals surface area contributed by atoms with E-state index in [4.69, 9.17) is 4.74 Å². The van der Waals surface area contributed by atoms with Gasteiger partial charge < -0.3 is 19.3 Å². The molecule has 0 saturated carbocycles. The first kappa shape index (κ1) is 18.0. The number of phenols is 1. The third-order valence-electron chi connectivity index (χ3n) is 4.54. The van der Waals surface area contributed by atoms with Crippen LogP contribution in [0.5, 0.6) is 11.5 Å². The molecule has 1 N–H and O–H groups in total. The summed E-state index contributed by atoms with van der Waals surface area (Å²) in [5.74, 6) is 0.486. The van der Waals surface area contributed by atoms with Gasteiger partial charge in [-0.25, -0.2) is 4.98 Å². The molecule has 0 unspecified atom stereocenters. The molecule has 1 aromatic heterocycles. The number of carbonyl (C=O) groups excluding carboxylic acids is 1. The van der Waals surface area contributed by atoms with Gasteiger partial charge in [0.1, 0.15) is 0 Å². The van der Waals surface area contributed by atoms with Crippen LogP contribution in [-0.4, -0.2) is 70.2 Å². The Hall–Kier alpha value is -2.80. The number of methoxy groups -OCH3 is 1. The number of phenolic OH excluding ortho intramolecular Hbond substituents is 1. The van der Waals surface area contributed by atoms with E-state index in [-0.39, 0.29) is 11.7 Å². The second-order valence-corrected chi connectivity index (χ2v) is 6.23. The number of piperazine rings is 1. The maximum absolute atomic E-state index is 12.4. The van der Waals surface area contributed by atoms with E-state index >= 15 is 0 Å². The molecule has 26 heavy (non-hydrogen) atoms. The van der Waals surface area contributed by atoms with E-state index in [2.05, 4.69) is 14.5 Å². The number of ether oxygens (including phenoxy) is 1. The summed E-state index contributed by atoms with van der Waals surface area (Å²) in [4.78, 5) is 20.6. The number of amides is 1. The summed E-state index contributed by atoms with van der Waals surface area (Å²) >= 11 is 0. The molecule has 2 heterocycles. The molecule has 3 rings (SSSR count). The minimum absolute atomic E-state index is 0.00583. The predicted molar refractivity (Wildman–Crippen MR) is 98.9 cm³/mol. The van der Waals surface area contributed by atoms with Crippen molar-refractivity contribution in [3.05, 3.63) is 48.6 Å². The van der Waals surface area contributed by atoms with Gasteiger partial charge in [0, 0.05) is 57.7 Å². The molecule has 138 valence electrons. The molecular formula is C19H24N4O3. The van der Waals surface area contributed by atoms with Gasteiger partial charge in [-0.05, 0) is 23.8 Å². The number of aromatic hydroxyl groups is 1. The van der Waals surface area contributed by atoms with Crippen molar-refractivity contribution in [3.8, 4) is 11.5 Å². The normalized spacial score (nSPS) is 15.5. The van der Waals surface area contributed by atoms with Crippen LogP contribution in [0.25, 0.3) is 6.08 Å². The number of nitrogens with zero attached hydrogens (tertiary/aromatic N) is 4. The Bertz CT molecular complexity index is 750. The van der Waals surface area contributed by atoms with E-state index in [0.29, 0.717) is 5.75 Å². The largest absolute Gasteiger partial charge is 0.504 e. The van der Waals surface area contributed by atoms with Gasteiger partial charge in [0.25, 0.3) is 0 Å². The van der Waals surface area contributed by atoms with Gasteiger partial charge in [0.15, 0.2) is 11.5 Å². The lowest BCUT2D eigenvalue weighted by Crippen LogP contribution is -2.48. The van der Waals surface area contributed by atoms with Gasteiger partial charge in [-0.3, -0.25) is 9.69 Å². The summed E-state index contributed by atoms with van der Waals surface area (Å²) in [6.45, 7) is 5.08. The van der Waals surface area contributed by atoms with Crippen molar-refractivity contribution in [2.45, 2.75) is 6.54 Å². The quantitative estimate of drug-likeness (QED) is 0.794. The van der Waals surface area contributed by atoms with Gasteiger partial charge >= 0.3 is 0 Å². The summed E-state index contributed by atoms with van der Waals surface area (Å²) in [5, 5.41) is 9.61. The lowest BCUT2D eigenvalue weighted by molar-refractivity contribution is -0.127. The molecule has 7 heteroatoms. The molecule has 1 aliphatic rings. The molecule has 1 saturated heterocycles. The lowest BCUT2D eigenvalue weighted by Gasteiger charge is -2.34. The van der Waals surface area contributed by atoms with Crippen LogP contribution in [0.15, 0.2) is 43.0 Å². The van der Waals surface area contributed by atoms with Crippen molar-refractivity contribution in [2.75, 3.05) is 39.8 Å². The zero-order valence-corrected chi connectivity index (χ0v) is 14.9. The van der Waals surface area contributed by atoms with Crippen LogP contribution in [0.1, 0.15) is 5.56 Å². The number of carbonyl (C=O) groups is 1. The first-order valence-corrected chi connectivity index (χ1v) is 8.68. The number of imidazole rings is 1. The molecule has 1 fully saturated rings. The molecule has 0 radical (unpaired) electrons. The van der Waals surface area contributed by atoms with Crippen molar-refractivity contribution >= 4 is 12.0 Å². The van der Waals surface area contributed by atoms with E-state index < -0.39 is 0 Å². The topological polar surface area (TPSA) is 70.8 Å². The van der Waals surface area contributed by atoms with Crippen molar-refractivity contribution in [1.82, 2.24) is 19.4 Å². The summed E-state index contributed by atoms with van der Waals surface area (Å²) in [5.41, 5.74) is 0.812. The zero-order valence-electron chi connectivity index (χ0n) is 14.9. The Morgan fingerprint density at radius 3 is 2.77 bits per heavy atom. The fraction of sp³-hybridized carbons (Fsp3) is 0.368. The Balaban J connectivity index is 1.47. The molecule has 1 aliphatic heterocycles. The minimum Gasteiger partial charge on any atom is -0.504 e. The van der Waals surface area contributed by atoms with Crippen LogP contribution in [0.4, 0.5) is 0 Å². The van der Waals surface area contributed by atoms with E-state index in [1.165, 1.54) is 7.11 Å². The van der Waals surface area contributed by atoms with Crippen LogP contribution in [0.2, 0.25) is 0 Å². The van der Waals surface area contributed by atoms with Crippen LogP contribution < -0.4 is 4.74 Å². The van der Waals surface area contributed by atoms with Crippen LogP contribution in [-0.2, 0) is 11.3 Å². The Morgan fingerprint density at radius 1 is 1.27 bits per heavy atom. The number of benzene rings is 1. The Kier molecular flexibility index (Phi) is 5.91. The molecule has 0 aliphatic carbocycles. The molecule has 0 atom stereocenters. The average Bonchev–Trinajstić information content (AvgIpc) is 3.19. The Morgan fingerprint density at radius 2 is 2.08 bits per heavy atom. The van der Waals surface area contributed by atoms with Gasteiger partial charge in [-0.1, -0.05) is 6.07 Å². The summed E-state index contributed by atoms with van der Waals surface area (Å²) in [6, 6.07) is 5.00. The summed E-state index contributed by atoms with van der Waals surface area (Å²) in [6.07, 6.45) is 8.89. The maximum atomic E-state index is 12.4. The smallest absolute Gasteiger partial charge is 0.246 e. The van der Waals surface area contributed by atoms with E-state index in [0.717, 1.165) is 44.8 Å². The van der Waals surface area contributed by atoms with E-state index in [9.17, 15) is 9.90 Å².